The minimum absolute atomic E-state index is 0.140. The fraction of sp³-hybridized carbons (Fsp3) is 0.632. The van der Waals surface area contributed by atoms with Crippen LogP contribution in [0.15, 0.2) is 30.3 Å². The molecule has 1 amide bonds. The molecule has 0 bridgehead atoms. The van der Waals surface area contributed by atoms with Crippen molar-refractivity contribution in [1.29, 1.82) is 0 Å². The van der Waals surface area contributed by atoms with Gasteiger partial charge in [-0.25, -0.2) is 0 Å². The van der Waals surface area contributed by atoms with Gasteiger partial charge in [0.05, 0.1) is 12.1 Å². The number of hydrogen-bond donors (Lipinski definition) is 1. The molecule has 23 heavy (non-hydrogen) atoms. The van der Waals surface area contributed by atoms with Gasteiger partial charge in [0, 0.05) is 18.6 Å². The summed E-state index contributed by atoms with van der Waals surface area (Å²) in [5, 5.41) is 3.22. The number of carbonyl (C=O) groups is 1. The van der Waals surface area contributed by atoms with Gasteiger partial charge < -0.3 is 10.1 Å². The van der Waals surface area contributed by atoms with Crippen LogP contribution in [0.25, 0.3) is 0 Å². The van der Waals surface area contributed by atoms with Gasteiger partial charge in [-0.2, -0.15) is 0 Å². The maximum atomic E-state index is 12.7. The Morgan fingerprint density at radius 2 is 2.00 bits per heavy atom. The molecule has 2 heterocycles. The van der Waals surface area contributed by atoms with E-state index in [4.69, 9.17) is 4.74 Å². The molecule has 0 spiro atoms. The average molecular weight is 316 g/mol. The number of carbonyl (C=O) groups excluding carboxylic acids is 1. The lowest BCUT2D eigenvalue weighted by molar-refractivity contribution is -0.134. The summed E-state index contributed by atoms with van der Waals surface area (Å²) in [6.45, 7) is 7.86. The second-order valence-electron chi connectivity index (χ2n) is 7.27. The van der Waals surface area contributed by atoms with E-state index in [2.05, 4.69) is 47.5 Å². The maximum Gasteiger partial charge on any atom is 0.226 e. The smallest absolute Gasteiger partial charge is 0.226 e. The zero-order valence-corrected chi connectivity index (χ0v) is 14.3. The summed E-state index contributed by atoms with van der Waals surface area (Å²) in [6.07, 6.45) is 2.92. The van der Waals surface area contributed by atoms with Crippen LogP contribution in [0, 0.1) is 5.41 Å². The molecular formula is C19H28N2O2. The summed E-state index contributed by atoms with van der Waals surface area (Å²) >= 11 is 0. The second-order valence-corrected chi connectivity index (χ2v) is 7.27. The molecule has 2 aliphatic rings. The third-order valence-corrected chi connectivity index (χ3v) is 5.45. The van der Waals surface area contributed by atoms with Crippen LogP contribution in [0.3, 0.4) is 0 Å². The molecule has 2 atom stereocenters. The standard InChI is InChI=1S/C19H28N2O2/c1-15-17(8-13-23-15)20-18(22)19(2)9-11-21(12-10-19)14-16-6-4-3-5-7-16/h3-7,15,17H,8-14H2,1-2H3,(H,20,22)/t15-,17-/m0/s1. The highest BCUT2D eigenvalue weighted by atomic mass is 16.5. The monoisotopic (exact) mass is 316 g/mol. The van der Waals surface area contributed by atoms with Crippen LogP contribution >= 0.6 is 0 Å². The number of nitrogens with zero attached hydrogens (tertiary/aromatic N) is 1. The van der Waals surface area contributed by atoms with Gasteiger partial charge >= 0.3 is 0 Å². The van der Waals surface area contributed by atoms with Crippen LogP contribution in [0.1, 0.15) is 38.7 Å². The fourth-order valence-electron chi connectivity index (χ4n) is 3.54. The Kier molecular flexibility index (Phi) is 5.02. The SMILES string of the molecule is C[C@@H]1OCC[C@@H]1NC(=O)C1(C)CCN(Cc2ccccc2)CC1. The first-order chi connectivity index (χ1) is 11.1. The average Bonchev–Trinajstić information content (AvgIpc) is 2.96. The minimum atomic E-state index is -0.241. The van der Waals surface area contributed by atoms with Gasteiger partial charge in [-0.15, -0.1) is 0 Å². The van der Waals surface area contributed by atoms with Crippen LogP contribution in [0.2, 0.25) is 0 Å². The van der Waals surface area contributed by atoms with Crippen molar-refractivity contribution in [2.24, 2.45) is 5.41 Å². The summed E-state index contributed by atoms with van der Waals surface area (Å²) in [5.41, 5.74) is 1.10. The van der Waals surface area contributed by atoms with Crippen LogP contribution in [-0.2, 0) is 16.1 Å². The molecule has 0 unspecified atom stereocenters. The van der Waals surface area contributed by atoms with E-state index in [1.165, 1.54) is 5.56 Å². The number of benzene rings is 1. The minimum Gasteiger partial charge on any atom is -0.376 e. The predicted octanol–water partition coefficient (Wildman–Crippen LogP) is 2.58. The summed E-state index contributed by atoms with van der Waals surface area (Å²) in [5.74, 6) is 0.208. The van der Waals surface area contributed by atoms with Crippen molar-refractivity contribution in [3.8, 4) is 0 Å². The first-order valence-corrected chi connectivity index (χ1v) is 8.76. The lowest BCUT2D eigenvalue weighted by Crippen LogP contribution is -2.50. The number of nitrogens with one attached hydrogen (secondary N) is 1. The number of piperidine rings is 1. The highest BCUT2D eigenvalue weighted by molar-refractivity contribution is 5.82. The number of rotatable bonds is 4. The Labute approximate surface area is 139 Å². The predicted molar refractivity (Wildman–Crippen MR) is 91.0 cm³/mol. The molecular weight excluding hydrogens is 288 g/mol. The molecule has 3 rings (SSSR count). The Balaban J connectivity index is 1.51. The third kappa shape index (κ3) is 3.93. The Morgan fingerprint density at radius 3 is 2.61 bits per heavy atom. The Morgan fingerprint density at radius 1 is 1.30 bits per heavy atom. The molecule has 1 N–H and O–H groups in total. The second kappa shape index (κ2) is 7.02. The van der Waals surface area contributed by atoms with Crippen LogP contribution in [0.5, 0.6) is 0 Å². The van der Waals surface area contributed by atoms with E-state index in [1.54, 1.807) is 0 Å². The van der Waals surface area contributed by atoms with Crippen molar-refractivity contribution in [2.45, 2.75) is 51.8 Å². The zero-order valence-electron chi connectivity index (χ0n) is 14.3. The van der Waals surface area contributed by atoms with Gasteiger partial charge in [-0.05, 0) is 44.8 Å². The molecule has 4 heteroatoms. The third-order valence-electron chi connectivity index (χ3n) is 5.45. The van der Waals surface area contributed by atoms with E-state index in [9.17, 15) is 4.79 Å². The molecule has 2 saturated heterocycles. The highest BCUT2D eigenvalue weighted by Crippen LogP contribution is 2.32. The largest absolute Gasteiger partial charge is 0.376 e. The highest BCUT2D eigenvalue weighted by Gasteiger charge is 2.39. The quantitative estimate of drug-likeness (QED) is 0.928. The lowest BCUT2D eigenvalue weighted by atomic mass is 9.79. The van der Waals surface area contributed by atoms with Gasteiger partial charge in [0.2, 0.25) is 5.91 Å². The van der Waals surface area contributed by atoms with Crippen LogP contribution < -0.4 is 5.32 Å². The number of hydrogen-bond acceptors (Lipinski definition) is 3. The summed E-state index contributed by atoms with van der Waals surface area (Å²) in [6, 6.07) is 10.7. The van der Waals surface area contributed by atoms with Crippen molar-refractivity contribution in [3.63, 3.8) is 0 Å². The van der Waals surface area contributed by atoms with E-state index >= 15 is 0 Å². The summed E-state index contributed by atoms with van der Waals surface area (Å²) < 4.78 is 5.55. The molecule has 2 aliphatic heterocycles. The normalized spacial score (nSPS) is 27.7. The summed E-state index contributed by atoms with van der Waals surface area (Å²) in [7, 11) is 0. The van der Waals surface area contributed by atoms with Crippen molar-refractivity contribution in [1.82, 2.24) is 10.2 Å². The van der Waals surface area contributed by atoms with Gasteiger partial charge in [0.1, 0.15) is 0 Å². The van der Waals surface area contributed by atoms with Gasteiger partial charge in [0.15, 0.2) is 0 Å². The summed E-state index contributed by atoms with van der Waals surface area (Å²) in [4.78, 5) is 15.2. The molecule has 1 aromatic rings. The molecule has 0 radical (unpaired) electrons. The van der Waals surface area contributed by atoms with Crippen LogP contribution in [0.4, 0.5) is 0 Å². The van der Waals surface area contributed by atoms with Gasteiger partial charge in [-0.1, -0.05) is 37.3 Å². The molecule has 0 aliphatic carbocycles. The number of amides is 1. The van der Waals surface area contributed by atoms with Gasteiger partial charge in [0.25, 0.3) is 0 Å². The molecule has 1 aromatic carbocycles. The van der Waals surface area contributed by atoms with Crippen molar-refractivity contribution in [2.75, 3.05) is 19.7 Å². The Bertz CT molecular complexity index is 523. The zero-order chi connectivity index (χ0) is 16.3. The van der Waals surface area contributed by atoms with Crippen molar-refractivity contribution >= 4 is 5.91 Å². The van der Waals surface area contributed by atoms with E-state index in [0.717, 1.165) is 45.5 Å². The number of likely N-dealkylation sites (tertiary alicyclic amines) is 1. The van der Waals surface area contributed by atoms with Gasteiger partial charge in [-0.3, -0.25) is 9.69 Å². The Hall–Kier alpha value is -1.39. The molecule has 0 saturated carbocycles. The lowest BCUT2D eigenvalue weighted by Gasteiger charge is -2.39. The molecule has 2 fully saturated rings. The number of ether oxygens (including phenoxy) is 1. The van der Waals surface area contributed by atoms with Crippen LogP contribution in [-0.4, -0.2) is 42.6 Å². The van der Waals surface area contributed by atoms with Crippen molar-refractivity contribution in [3.05, 3.63) is 35.9 Å². The van der Waals surface area contributed by atoms with E-state index in [1.807, 2.05) is 6.92 Å². The van der Waals surface area contributed by atoms with E-state index in [-0.39, 0.29) is 23.5 Å². The molecule has 4 nitrogen and oxygen atoms in total. The topological polar surface area (TPSA) is 41.6 Å². The first kappa shape index (κ1) is 16.5. The first-order valence-electron chi connectivity index (χ1n) is 8.76. The molecule has 0 aromatic heterocycles. The molecule has 126 valence electrons. The van der Waals surface area contributed by atoms with E-state index < -0.39 is 0 Å². The fourth-order valence-corrected chi connectivity index (χ4v) is 3.54. The van der Waals surface area contributed by atoms with E-state index in [0.29, 0.717) is 0 Å². The van der Waals surface area contributed by atoms with Crippen molar-refractivity contribution < 1.29 is 9.53 Å². The maximum absolute atomic E-state index is 12.7.